The Bertz CT molecular complexity index is 3290. The number of para-hydroxylation sites is 1. The molecule has 4 aromatic carbocycles. The van der Waals surface area contributed by atoms with Crippen LogP contribution in [0.4, 0.5) is 16.6 Å². The second-order valence-corrected chi connectivity index (χ2v) is 33.9. The maximum atomic E-state index is 13.7. The third kappa shape index (κ3) is 10.1. The van der Waals surface area contributed by atoms with Crippen LogP contribution in [0.25, 0.3) is 32.2 Å². The van der Waals surface area contributed by atoms with E-state index in [9.17, 15) is 24.3 Å². The number of aromatic nitrogens is 4. The number of nitrogens with one attached hydrogen (secondary N) is 2. The first-order chi connectivity index (χ1) is 35.8. The van der Waals surface area contributed by atoms with E-state index in [4.69, 9.17) is 19.6 Å². The first-order valence-corrected chi connectivity index (χ1v) is 33.1. The number of carboxylic acids is 1. The Morgan fingerprint density at radius 3 is 2.43 bits per heavy atom. The Morgan fingerprint density at radius 1 is 0.865 bits per heavy atom. The molecule has 2 saturated heterocycles. The van der Waals surface area contributed by atoms with Gasteiger partial charge in [0.25, 0.3) is 5.91 Å². The van der Waals surface area contributed by atoms with Gasteiger partial charge in [-0.2, -0.15) is 0 Å². The first kappa shape index (κ1) is 49.9. The summed E-state index contributed by atoms with van der Waals surface area (Å²) in [6.07, 6.45) is 5.36. The van der Waals surface area contributed by atoms with Crippen LogP contribution in [0.3, 0.4) is 0 Å². The van der Waals surface area contributed by atoms with E-state index in [1.54, 1.807) is 0 Å². The average molecular weight is 1120 g/mol. The van der Waals surface area contributed by atoms with Gasteiger partial charge in [-0.3, -0.25) is 14.9 Å². The van der Waals surface area contributed by atoms with E-state index < -0.39 is 33.3 Å². The summed E-state index contributed by atoms with van der Waals surface area (Å²) in [5, 5.41) is 22.3. The summed E-state index contributed by atoms with van der Waals surface area (Å²) in [6.45, 7) is 10.8. The number of carbonyl (C=O) groups excluding carboxylic acids is 3. The van der Waals surface area contributed by atoms with Gasteiger partial charge >= 0.3 is 270 Å². The SMILES string of the molecule is Cc1c(OC2CCC(OC[C](C)(C)[In]3[CH2]CN(c4ccc5c(C6CCC(=O)NC6=O)nn(C)c5c4)C[CH2]3)CC2)cccc1-c1ccc(N2CCc3cccc(C(=O)Nc4nc5ccccc5s4)c3C2)nc1C(=O)O. The molecule has 74 heavy (non-hydrogen) atoms. The molecule has 0 radical (unpaired) electrons. The van der Waals surface area contributed by atoms with E-state index in [1.165, 1.54) is 25.4 Å². The smallest absolute Gasteiger partial charge is 0.476 e. The molecule has 3 amide bonds. The second kappa shape index (κ2) is 20.8. The van der Waals surface area contributed by atoms with Crippen molar-refractivity contribution in [2.24, 2.45) is 7.05 Å². The number of fused-ring (bicyclic) bond motifs is 3. The van der Waals surface area contributed by atoms with Crippen molar-refractivity contribution in [2.75, 3.05) is 41.4 Å². The van der Waals surface area contributed by atoms with Gasteiger partial charge in [-0.05, 0) is 47.9 Å². The minimum atomic E-state index is -2.00. The molecule has 17 heteroatoms. The predicted molar refractivity (Wildman–Crippen MR) is 290 cm³/mol. The number of carbonyl (C=O) groups is 4. The molecule has 7 aromatic rings. The van der Waals surface area contributed by atoms with Crippen molar-refractivity contribution >= 4 is 94.2 Å². The van der Waals surface area contributed by atoms with E-state index in [1.807, 2.05) is 96.3 Å². The molecule has 15 nitrogen and oxygen atoms in total. The minimum Gasteiger partial charge on any atom is -0.476 e. The number of aryl methyl sites for hydroxylation is 1. The molecule has 4 aliphatic rings. The number of imide groups is 1. The van der Waals surface area contributed by atoms with Crippen molar-refractivity contribution in [3.8, 4) is 16.9 Å². The van der Waals surface area contributed by atoms with Crippen molar-refractivity contribution in [1.82, 2.24) is 25.1 Å². The second-order valence-electron chi connectivity index (χ2n) is 21.1. The molecular weight excluding hydrogens is 1060 g/mol. The molecule has 0 spiro atoms. The zero-order chi connectivity index (χ0) is 51.3. The maximum absolute atomic E-state index is 13.7. The van der Waals surface area contributed by atoms with E-state index in [-0.39, 0.29) is 38.8 Å². The number of pyridine rings is 1. The van der Waals surface area contributed by atoms with Gasteiger partial charge in [-0.1, -0.05) is 35.6 Å². The average Bonchev–Trinajstić information content (AvgIpc) is 3.98. The fourth-order valence-electron chi connectivity index (χ4n) is 11.7. The normalized spacial score (nSPS) is 19.4. The zero-order valence-corrected chi connectivity index (χ0v) is 46.5. The van der Waals surface area contributed by atoms with E-state index in [2.05, 4.69) is 52.6 Å². The number of anilines is 3. The molecule has 3 aliphatic heterocycles. The molecule has 3 aromatic heterocycles. The standard InChI is InChI=1S/C40H41N4O5S.C17H20N4O2.In/c1-24(2)23-48-27-14-16-28(17-15-27)49-34-12-7-9-29(25(34)3)30-18-19-36(42-37(30)39(46)47)44-21-20-26-8-6-10-31(32(26)22-44)38(45)43-40-41-33-11-4-5-13-35(33)50-40;1-4-21(5-2)11-6-7-12-14(10-11)20(3)19-16(12)13-8-9-15(22)18-17(13)23;/h4-13,18-19,27-28H,14-17,20-23H2,1-3H3,(H,46,47)(H,41,43,45);6-7,10,13H,1-2,4-5,8-9H2,3H3,(H,18,22,23);. The Morgan fingerprint density at radius 2 is 1.65 bits per heavy atom. The number of rotatable bonds is 13. The number of hydrogen-bond acceptors (Lipinski definition) is 12. The summed E-state index contributed by atoms with van der Waals surface area (Å²) < 4.78 is 19.1. The molecule has 380 valence electrons. The molecule has 1 unspecified atom stereocenters. The van der Waals surface area contributed by atoms with E-state index >= 15 is 0 Å². The number of aromatic carboxylic acids is 1. The fraction of sp³-hybridized carbons (Fsp3) is 0.386. The summed E-state index contributed by atoms with van der Waals surface area (Å²) in [6, 6.07) is 29.6. The van der Waals surface area contributed by atoms with Gasteiger partial charge < -0.3 is 10.0 Å². The zero-order valence-electron chi connectivity index (χ0n) is 42.4. The van der Waals surface area contributed by atoms with Crippen molar-refractivity contribution < 1.29 is 33.8 Å². The summed E-state index contributed by atoms with van der Waals surface area (Å²) in [5.74, 6) is -0.945. The monoisotopic (exact) mass is 1120 g/mol. The summed E-state index contributed by atoms with van der Waals surface area (Å²) in [4.78, 5) is 64.9. The van der Waals surface area contributed by atoms with Crippen molar-refractivity contribution in [3.05, 3.63) is 125 Å². The number of benzene rings is 4. The number of amides is 3. The van der Waals surface area contributed by atoms with Crippen LogP contribution in [-0.2, 0) is 34.3 Å². The Kier molecular flexibility index (Phi) is 14.0. The van der Waals surface area contributed by atoms with Crippen LogP contribution in [-0.4, -0.2) is 108 Å². The van der Waals surface area contributed by atoms with Gasteiger partial charge in [0.2, 0.25) is 0 Å². The summed E-state index contributed by atoms with van der Waals surface area (Å²) in [5.41, 5.74) is 8.45. The molecule has 1 atom stereocenters. The predicted octanol–water partition coefficient (Wildman–Crippen LogP) is 10.1. The quantitative estimate of drug-likeness (QED) is 0.0932. The van der Waals surface area contributed by atoms with E-state index in [0.717, 1.165) is 100 Å². The van der Waals surface area contributed by atoms with Crippen LogP contribution in [0.15, 0.2) is 91.0 Å². The Balaban J connectivity index is 0.680. The third-order valence-electron chi connectivity index (χ3n) is 16.0. The Hall–Kier alpha value is -6.30. The molecule has 0 bridgehead atoms. The Labute approximate surface area is 442 Å². The number of piperidine rings is 1. The molecule has 6 heterocycles. The van der Waals surface area contributed by atoms with Gasteiger partial charge in [0.15, 0.2) is 10.8 Å². The number of carboxylic acid groups (broad SMARTS) is 1. The summed E-state index contributed by atoms with van der Waals surface area (Å²) in [7, 11) is 1.92. The molecule has 3 fully saturated rings. The van der Waals surface area contributed by atoms with Gasteiger partial charge in [0.1, 0.15) is 5.82 Å². The van der Waals surface area contributed by atoms with Gasteiger partial charge in [0, 0.05) is 18.7 Å². The molecule has 3 N–H and O–H groups in total. The van der Waals surface area contributed by atoms with Crippen molar-refractivity contribution in [1.29, 1.82) is 0 Å². The van der Waals surface area contributed by atoms with Crippen LogP contribution in [0.5, 0.6) is 5.75 Å². The third-order valence-corrected chi connectivity index (χ3v) is 29.2. The number of ether oxygens (including phenoxy) is 2. The van der Waals surface area contributed by atoms with Crippen LogP contribution in [0.2, 0.25) is 11.5 Å². The van der Waals surface area contributed by atoms with Crippen LogP contribution < -0.4 is 25.2 Å². The fourth-order valence-corrected chi connectivity index (χ4v) is 22.3. The van der Waals surface area contributed by atoms with Crippen LogP contribution in [0.1, 0.15) is 102 Å². The first-order valence-electron chi connectivity index (χ1n) is 26.0. The van der Waals surface area contributed by atoms with Gasteiger partial charge in [-0.15, -0.1) is 0 Å². The number of thiazole rings is 1. The number of hydrogen-bond donors (Lipinski definition) is 3. The van der Waals surface area contributed by atoms with Crippen molar-refractivity contribution in [2.45, 2.75) is 102 Å². The molecule has 11 rings (SSSR count). The van der Waals surface area contributed by atoms with Gasteiger partial charge in [0.05, 0.1) is 10.2 Å². The molecule has 1 saturated carbocycles. The minimum absolute atomic E-state index is 0.0303. The summed E-state index contributed by atoms with van der Waals surface area (Å²) >= 11 is -0.563. The van der Waals surface area contributed by atoms with E-state index in [0.29, 0.717) is 54.4 Å². The number of nitrogens with zero attached hydrogens (tertiary/aromatic N) is 6. The molecular formula is C57H61InN8O7S. The van der Waals surface area contributed by atoms with Crippen molar-refractivity contribution in [3.63, 3.8) is 0 Å². The molecule has 1 aliphatic carbocycles. The van der Waals surface area contributed by atoms with Gasteiger partial charge in [-0.25, -0.2) is 14.8 Å². The van der Waals surface area contributed by atoms with Crippen LogP contribution >= 0.6 is 11.3 Å². The van der Waals surface area contributed by atoms with Crippen LogP contribution in [0, 0.1) is 6.92 Å². The topological polar surface area (TPSA) is 181 Å².